The van der Waals surface area contributed by atoms with Crippen molar-refractivity contribution in [3.8, 4) is 11.4 Å². The highest BCUT2D eigenvalue weighted by atomic mass is 16.5. The van der Waals surface area contributed by atoms with Crippen LogP contribution >= 0.6 is 0 Å². The van der Waals surface area contributed by atoms with E-state index in [-0.39, 0.29) is 17.2 Å². The molecule has 0 unspecified atom stereocenters. The third-order valence-corrected chi connectivity index (χ3v) is 5.08. The SMILES string of the molecule is CC(C)C(=O)N1CC[C@]2(COCc3cnc(-c4cccnc4)nc32)C1. The van der Waals surface area contributed by atoms with Gasteiger partial charge in [-0.15, -0.1) is 0 Å². The Labute approximate surface area is 147 Å². The maximum absolute atomic E-state index is 12.4. The van der Waals surface area contributed by atoms with E-state index in [0.717, 1.165) is 29.8 Å². The molecule has 2 aliphatic rings. The number of carbonyl (C=O) groups is 1. The zero-order valence-corrected chi connectivity index (χ0v) is 14.6. The summed E-state index contributed by atoms with van der Waals surface area (Å²) in [5.74, 6) is 0.891. The first-order valence-electron chi connectivity index (χ1n) is 8.72. The van der Waals surface area contributed by atoms with Crippen molar-refractivity contribution in [2.45, 2.75) is 32.3 Å². The van der Waals surface area contributed by atoms with E-state index in [4.69, 9.17) is 9.72 Å². The van der Waals surface area contributed by atoms with E-state index in [2.05, 4.69) is 9.97 Å². The second kappa shape index (κ2) is 6.19. The van der Waals surface area contributed by atoms with Gasteiger partial charge in [-0.05, 0) is 18.6 Å². The van der Waals surface area contributed by atoms with Gasteiger partial charge in [-0.2, -0.15) is 0 Å². The lowest BCUT2D eigenvalue weighted by Gasteiger charge is -2.34. The fourth-order valence-corrected chi connectivity index (χ4v) is 3.77. The highest BCUT2D eigenvalue weighted by Gasteiger charge is 2.46. The van der Waals surface area contributed by atoms with Gasteiger partial charge in [0.05, 0.1) is 24.3 Å². The van der Waals surface area contributed by atoms with Crippen molar-refractivity contribution in [1.29, 1.82) is 0 Å². The summed E-state index contributed by atoms with van der Waals surface area (Å²) >= 11 is 0. The molecule has 130 valence electrons. The molecule has 25 heavy (non-hydrogen) atoms. The number of rotatable bonds is 2. The van der Waals surface area contributed by atoms with Gasteiger partial charge >= 0.3 is 0 Å². The summed E-state index contributed by atoms with van der Waals surface area (Å²) in [7, 11) is 0. The lowest BCUT2D eigenvalue weighted by atomic mass is 9.80. The first-order valence-corrected chi connectivity index (χ1v) is 8.72. The molecular weight excluding hydrogens is 316 g/mol. The molecule has 0 radical (unpaired) electrons. The zero-order valence-electron chi connectivity index (χ0n) is 14.6. The fourth-order valence-electron chi connectivity index (χ4n) is 3.77. The Morgan fingerprint density at radius 2 is 2.24 bits per heavy atom. The highest BCUT2D eigenvalue weighted by molar-refractivity contribution is 5.78. The second-order valence-electron chi connectivity index (χ2n) is 7.25. The number of nitrogens with zero attached hydrogens (tertiary/aromatic N) is 4. The zero-order chi connectivity index (χ0) is 17.4. The fraction of sp³-hybridized carbons (Fsp3) is 0.474. The topological polar surface area (TPSA) is 68.2 Å². The van der Waals surface area contributed by atoms with Crippen LogP contribution in [0.25, 0.3) is 11.4 Å². The van der Waals surface area contributed by atoms with Crippen LogP contribution in [0.4, 0.5) is 0 Å². The first kappa shape index (κ1) is 16.1. The Morgan fingerprint density at radius 1 is 1.36 bits per heavy atom. The summed E-state index contributed by atoms with van der Waals surface area (Å²) < 4.78 is 5.84. The molecule has 1 fully saturated rings. The van der Waals surface area contributed by atoms with E-state index in [1.54, 1.807) is 12.4 Å². The summed E-state index contributed by atoms with van der Waals surface area (Å²) in [6.07, 6.45) is 6.25. The summed E-state index contributed by atoms with van der Waals surface area (Å²) in [5, 5.41) is 0. The number of aromatic nitrogens is 3. The quantitative estimate of drug-likeness (QED) is 0.840. The molecule has 1 amide bonds. The van der Waals surface area contributed by atoms with Crippen molar-refractivity contribution < 1.29 is 9.53 Å². The molecule has 4 heterocycles. The van der Waals surface area contributed by atoms with Crippen LogP contribution in [0.3, 0.4) is 0 Å². The van der Waals surface area contributed by atoms with Gasteiger partial charge in [-0.1, -0.05) is 13.8 Å². The number of amides is 1. The molecule has 6 nitrogen and oxygen atoms in total. The molecule has 4 rings (SSSR count). The van der Waals surface area contributed by atoms with Crippen molar-refractivity contribution in [2.24, 2.45) is 5.92 Å². The Bertz CT molecular complexity index is 793. The molecule has 2 aliphatic heterocycles. The molecule has 2 aromatic heterocycles. The van der Waals surface area contributed by atoms with Gasteiger partial charge in [-0.3, -0.25) is 9.78 Å². The van der Waals surface area contributed by atoms with Crippen LogP contribution in [0, 0.1) is 5.92 Å². The predicted molar refractivity (Wildman–Crippen MR) is 92.6 cm³/mol. The standard InChI is InChI=1S/C19H22N4O2/c1-13(2)18(24)23-7-5-19(11-23)12-25-10-15-9-21-17(22-16(15)19)14-4-3-6-20-8-14/h3-4,6,8-9,13H,5,7,10-12H2,1-2H3/t19-/m1/s1. The summed E-state index contributed by atoms with van der Waals surface area (Å²) in [5.41, 5.74) is 2.74. The van der Waals surface area contributed by atoms with Crippen molar-refractivity contribution in [2.75, 3.05) is 19.7 Å². The van der Waals surface area contributed by atoms with Gasteiger partial charge in [0.25, 0.3) is 0 Å². The number of hydrogen-bond donors (Lipinski definition) is 0. The third-order valence-electron chi connectivity index (χ3n) is 5.08. The number of hydrogen-bond acceptors (Lipinski definition) is 5. The summed E-state index contributed by atoms with van der Waals surface area (Å²) in [6, 6.07) is 3.85. The molecule has 0 saturated carbocycles. The molecule has 1 saturated heterocycles. The largest absolute Gasteiger partial charge is 0.376 e. The van der Waals surface area contributed by atoms with Crippen molar-refractivity contribution in [3.05, 3.63) is 42.0 Å². The number of carbonyl (C=O) groups excluding carboxylic acids is 1. The predicted octanol–water partition coefficient (Wildman–Crippen LogP) is 2.19. The molecule has 0 aliphatic carbocycles. The van der Waals surface area contributed by atoms with Crippen LogP contribution in [0.15, 0.2) is 30.7 Å². The van der Waals surface area contributed by atoms with Crippen LogP contribution in [-0.2, 0) is 21.6 Å². The van der Waals surface area contributed by atoms with Gasteiger partial charge in [-0.25, -0.2) is 9.97 Å². The van der Waals surface area contributed by atoms with Crippen molar-refractivity contribution in [1.82, 2.24) is 19.9 Å². The van der Waals surface area contributed by atoms with Gasteiger partial charge < -0.3 is 9.64 Å². The van der Waals surface area contributed by atoms with Gasteiger partial charge in [0.2, 0.25) is 5.91 Å². The maximum atomic E-state index is 12.4. The van der Waals surface area contributed by atoms with Crippen LogP contribution in [-0.4, -0.2) is 45.5 Å². The van der Waals surface area contributed by atoms with E-state index in [9.17, 15) is 4.79 Å². The van der Waals surface area contributed by atoms with Gasteiger partial charge in [0, 0.05) is 48.7 Å². The van der Waals surface area contributed by atoms with Crippen LogP contribution in [0.1, 0.15) is 31.5 Å². The smallest absolute Gasteiger partial charge is 0.225 e. The minimum Gasteiger partial charge on any atom is -0.376 e. The Morgan fingerprint density at radius 3 is 3.00 bits per heavy atom. The molecule has 1 spiro atoms. The minimum absolute atomic E-state index is 0.00971. The highest BCUT2D eigenvalue weighted by Crippen LogP contribution is 2.39. The van der Waals surface area contributed by atoms with Crippen LogP contribution < -0.4 is 0 Å². The van der Waals surface area contributed by atoms with E-state index in [1.807, 2.05) is 37.1 Å². The average molecular weight is 338 g/mol. The lowest BCUT2D eigenvalue weighted by Crippen LogP contribution is -2.42. The summed E-state index contributed by atoms with van der Waals surface area (Å²) in [4.78, 5) is 27.9. The monoisotopic (exact) mass is 338 g/mol. The van der Waals surface area contributed by atoms with E-state index >= 15 is 0 Å². The van der Waals surface area contributed by atoms with E-state index < -0.39 is 0 Å². The first-order chi connectivity index (χ1) is 12.1. The van der Waals surface area contributed by atoms with E-state index in [1.165, 1.54) is 0 Å². The molecule has 0 aromatic carbocycles. The third kappa shape index (κ3) is 2.80. The van der Waals surface area contributed by atoms with Crippen LogP contribution in [0.5, 0.6) is 0 Å². The summed E-state index contributed by atoms with van der Waals surface area (Å²) in [6.45, 7) is 6.45. The Balaban J connectivity index is 1.71. The lowest BCUT2D eigenvalue weighted by molar-refractivity contribution is -0.133. The van der Waals surface area contributed by atoms with Gasteiger partial charge in [0.15, 0.2) is 5.82 Å². The molecular formula is C19H22N4O2. The van der Waals surface area contributed by atoms with Gasteiger partial charge in [0.1, 0.15) is 0 Å². The minimum atomic E-state index is -0.224. The second-order valence-corrected chi connectivity index (χ2v) is 7.25. The number of pyridine rings is 1. The normalized spacial score (nSPS) is 22.4. The Hall–Kier alpha value is -2.34. The number of ether oxygens (including phenoxy) is 1. The molecule has 1 atom stereocenters. The van der Waals surface area contributed by atoms with Crippen LogP contribution in [0.2, 0.25) is 0 Å². The number of likely N-dealkylation sites (tertiary alicyclic amines) is 1. The average Bonchev–Trinajstić information content (AvgIpc) is 3.06. The van der Waals surface area contributed by atoms with Crippen molar-refractivity contribution >= 4 is 5.91 Å². The Kier molecular flexibility index (Phi) is 4.00. The molecule has 6 heteroatoms. The molecule has 0 bridgehead atoms. The van der Waals surface area contributed by atoms with Crippen molar-refractivity contribution in [3.63, 3.8) is 0 Å². The molecule has 2 aromatic rings. The number of fused-ring (bicyclic) bond motifs is 2. The molecule has 0 N–H and O–H groups in total. The maximum Gasteiger partial charge on any atom is 0.225 e. The van der Waals surface area contributed by atoms with E-state index in [0.29, 0.717) is 25.6 Å².